The fourth-order valence-electron chi connectivity index (χ4n) is 3.55. The van der Waals surface area contributed by atoms with Gasteiger partial charge in [-0.05, 0) is 55.9 Å². The van der Waals surface area contributed by atoms with Crippen molar-refractivity contribution < 1.29 is 0 Å². The Labute approximate surface area is 115 Å². The van der Waals surface area contributed by atoms with Gasteiger partial charge >= 0.3 is 0 Å². The monoisotopic (exact) mass is 253 g/mol. The molecule has 0 heterocycles. The highest BCUT2D eigenvalue weighted by Crippen LogP contribution is 2.45. The number of hydrogen-bond acceptors (Lipinski definition) is 1. The lowest BCUT2D eigenvalue weighted by Crippen LogP contribution is -2.44. The van der Waals surface area contributed by atoms with E-state index in [0.717, 1.165) is 6.04 Å². The van der Waals surface area contributed by atoms with Gasteiger partial charge in [0.2, 0.25) is 0 Å². The van der Waals surface area contributed by atoms with Gasteiger partial charge in [-0.3, -0.25) is 0 Å². The zero-order valence-corrected chi connectivity index (χ0v) is 13.4. The molecule has 1 aliphatic rings. The van der Waals surface area contributed by atoms with E-state index in [9.17, 15) is 0 Å². The molecule has 1 heteroatoms. The highest BCUT2D eigenvalue weighted by atomic mass is 14.9. The van der Waals surface area contributed by atoms with E-state index in [4.69, 9.17) is 0 Å². The van der Waals surface area contributed by atoms with E-state index in [2.05, 4.69) is 39.9 Å². The summed E-state index contributed by atoms with van der Waals surface area (Å²) in [4.78, 5) is 0. The predicted molar refractivity (Wildman–Crippen MR) is 82.0 cm³/mol. The zero-order valence-electron chi connectivity index (χ0n) is 13.4. The van der Waals surface area contributed by atoms with Crippen molar-refractivity contribution in [3.05, 3.63) is 0 Å². The molecule has 0 amide bonds. The van der Waals surface area contributed by atoms with Crippen molar-refractivity contribution in [2.75, 3.05) is 6.54 Å². The normalized spacial score (nSPS) is 21.2. The molecule has 108 valence electrons. The molecule has 0 radical (unpaired) electrons. The molecule has 1 atom stereocenters. The van der Waals surface area contributed by atoms with Crippen molar-refractivity contribution in [2.24, 2.45) is 10.8 Å². The maximum Gasteiger partial charge on any atom is 0.0124 e. The largest absolute Gasteiger partial charge is 0.313 e. The summed E-state index contributed by atoms with van der Waals surface area (Å²) in [6, 6.07) is 0.754. The van der Waals surface area contributed by atoms with Crippen molar-refractivity contribution in [1.29, 1.82) is 0 Å². The molecule has 0 spiro atoms. The highest BCUT2D eigenvalue weighted by Gasteiger charge is 2.39. The first kappa shape index (κ1) is 16.0. The lowest BCUT2D eigenvalue weighted by Gasteiger charge is -2.39. The van der Waals surface area contributed by atoms with Gasteiger partial charge in [-0.1, -0.05) is 47.5 Å². The van der Waals surface area contributed by atoms with Crippen molar-refractivity contribution in [3.8, 4) is 0 Å². The molecule has 1 saturated carbocycles. The molecule has 1 aliphatic carbocycles. The zero-order chi connectivity index (χ0) is 13.6. The number of hydrogen-bond donors (Lipinski definition) is 1. The second-order valence-electron chi connectivity index (χ2n) is 7.53. The maximum absolute atomic E-state index is 3.88. The minimum atomic E-state index is 0.472. The SMILES string of the molecule is CCCNC(CCC(C)(C)C)C1(CC)CCCC1. The van der Waals surface area contributed by atoms with Crippen molar-refractivity contribution in [3.63, 3.8) is 0 Å². The molecule has 0 saturated heterocycles. The van der Waals surface area contributed by atoms with E-state index in [1.54, 1.807) is 0 Å². The van der Waals surface area contributed by atoms with E-state index < -0.39 is 0 Å². The maximum atomic E-state index is 3.88. The molecule has 0 aromatic carbocycles. The molecule has 0 aromatic heterocycles. The minimum absolute atomic E-state index is 0.472. The van der Waals surface area contributed by atoms with Gasteiger partial charge in [0.15, 0.2) is 0 Å². The van der Waals surface area contributed by atoms with Gasteiger partial charge in [-0.25, -0.2) is 0 Å². The van der Waals surface area contributed by atoms with E-state index >= 15 is 0 Å². The van der Waals surface area contributed by atoms with Crippen LogP contribution in [-0.2, 0) is 0 Å². The molecule has 1 unspecified atom stereocenters. The summed E-state index contributed by atoms with van der Waals surface area (Å²) < 4.78 is 0. The molecule has 0 aromatic rings. The molecule has 1 N–H and O–H groups in total. The van der Waals surface area contributed by atoms with Crippen LogP contribution in [0.15, 0.2) is 0 Å². The third kappa shape index (κ3) is 4.57. The Morgan fingerprint density at radius 1 is 1.11 bits per heavy atom. The predicted octanol–water partition coefficient (Wildman–Crippen LogP) is 5.15. The molecule has 1 fully saturated rings. The van der Waals surface area contributed by atoms with Gasteiger partial charge < -0.3 is 5.32 Å². The molecular formula is C17H35N. The van der Waals surface area contributed by atoms with Crippen LogP contribution in [-0.4, -0.2) is 12.6 Å². The van der Waals surface area contributed by atoms with Crippen LogP contribution >= 0.6 is 0 Å². The molecule has 0 aliphatic heterocycles. The van der Waals surface area contributed by atoms with Crippen LogP contribution in [0.2, 0.25) is 0 Å². The van der Waals surface area contributed by atoms with Crippen LogP contribution in [0.4, 0.5) is 0 Å². The second kappa shape index (κ2) is 6.93. The Morgan fingerprint density at radius 3 is 2.17 bits per heavy atom. The van der Waals surface area contributed by atoms with E-state index in [1.807, 2.05) is 0 Å². The standard InChI is InChI=1S/C17H35N/c1-6-14-18-15(10-13-16(3,4)5)17(7-2)11-8-9-12-17/h15,18H,6-14H2,1-5H3. The summed E-state index contributed by atoms with van der Waals surface area (Å²) in [5.41, 5.74) is 1.08. The van der Waals surface area contributed by atoms with Crippen LogP contribution in [0, 0.1) is 10.8 Å². The van der Waals surface area contributed by atoms with Crippen LogP contribution in [0.1, 0.15) is 86.0 Å². The van der Waals surface area contributed by atoms with Crippen LogP contribution < -0.4 is 5.32 Å². The summed E-state index contributed by atoms with van der Waals surface area (Å²) >= 11 is 0. The second-order valence-corrected chi connectivity index (χ2v) is 7.53. The Hall–Kier alpha value is -0.0400. The minimum Gasteiger partial charge on any atom is -0.313 e. The first-order chi connectivity index (χ1) is 8.43. The fourth-order valence-corrected chi connectivity index (χ4v) is 3.55. The molecular weight excluding hydrogens is 218 g/mol. The molecule has 1 rings (SSSR count). The van der Waals surface area contributed by atoms with E-state index in [0.29, 0.717) is 10.8 Å². The third-order valence-electron chi connectivity index (χ3n) is 4.87. The van der Waals surface area contributed by atoms with E-state index in [1.165, 1.54) is 57.9 Å². The van der Waals surface area contributed by atoms with Crippen molar-refractivity contribution in [1.82, 2.24) is 5.32 Å². The van der Waals surface area contributed by atoms with Gasteiger partial charge in [0.05, 0.1) is 0 Å². The first-order valence-electron chi connectivity index (χ1n) is 8.17. The lowest BCUT2D eigenvalue weighted by atomic mass is 9.72. The summed E-state index contributed by atoms with van der Waals surface area (Å²) in [5, 5.41) is 3.88. The third-order valence-corrected chi connectivity index (χ3v) is 4.87. The number of nitrogens with one attached hydrogen (secondary N) is 1. The van der Waals surface area contributed by atoms with Gasteiger partial charge in [-0.15, -0.1) is 0 Å². The average molecular weight is 253 g/mol. The van der Waals surface area contributed by atoms with Gasteiger partial charge in [0, 0.05) is 6.04 Å². The summed E-state index contributed by atoms with van der Waals surface area (Å²) in [6.45, 7) is 13.0. The Bertz CT molecular complexity index is 220. The van der Waals surface area contributed by atoms with E-state index in [-0.39, 0.29) is 0 Å². The van der Waals surface area contributed by atoms with Crippen molar-refractivity contribution in [2.45, 2.75) is 92.0 Å². The lowest BCUT2D eigenvalue weighted by molar-refractivity contribution is 0.161. The molecule has 18 heavy (non-hydrogen) atoms. The van der Waals surface area contributed by atoms with Gasteiger partial charge in [0.1, 0.15) is 0 Å². The Morgan fingerprint density at radius 2 is 1.72 bits per heavy atom. The van der Waals surface area contributed by atoms with Crippen molar-refractivity contribution >= 4 is 0 Å². The van der Waals surface area contributed by atoms with Crippen LogP contribution in [0.5, 0.6) is 0 Å². The van der Waals surface area contributed by atoms with Crippen LogP contribution in [0.25, 0.3) is 0 Å². The summed E-state index contributed by atoms with van der Waals surface area (Å²) in [7, 11) is 0. The van der Waals surface area contributed by atoms with Crippen LogP contribution in [0.3, 0.4) is 0 Å². The summed E-state index contributed by atoms with van der Waals surface area (Å²) in [6.07, 6.45) is 11.1. The Balaban J connectivity index is 2.63. The fraction of sp³-hybridized carbons (Fsp3) is 1.00. The Kier molecular flexibility index (Phi) is 6.17. The van der Waals surface area contributed by atoms with Gasteiger partial charge in [0.25, 0.3) is 0 Å². The number of rotatable bonds is 7. The smallest absolute Gasteiger partial charge is 0.0124 e. The quantitative estimate of drug-likeness (QED) is 0.661. The highest BCUT2D eigenvalue weighted by molar-refractivity contribution is 4.94. The summed E-state index contributed by atoms with van der Waals surface area (Å²) in [5.74, 6) is 0. The molecule has 0 bridgehead atoms. The topological polar surface area (TPSA) is 12.0 Å². The average Bonchev–Trinajstić information content (AvgIpc) is 2.77. The molecule has 1 nitrogen and oxygen atoms in total. The van der Waals surface area contributed by atoms with Gasteiger partial charge in [-0.2, -0.15) is 0 Å². The first-order valence-corrected chi connectivity index (χ1v) is 8.17.